The molecule has 0 fully saturated rings. The minimum atomic E-state index is -0.109. The van der Waals surface area contributed by atoms with Gasteiger partial charge in [0, 0.05) is 41.1 Å². The maximum atomic E-state index is 13.7. The third-order valence-electron chi connectivity index (χ3n) is 6.05. The molecule has 5 rings (SSSR count). The fourth-order valence-electron chi connectivity index (χ4n) is 4.32. The topological polar surface area (TPSA) is 71.4 Å². The number of para-hydroxylation sites is 1. The van der Waals surface area contributed by atoms with E-state index >= 15 is 0 Å². The quantitative estimate of drug-likeness (QED) is 0.410. The van der Waals surface area contributed by atoms with E-state index in [4.69, 9.17) is 9.73 Å². The first-order valence-electron chi connectivity index (χ1n) is 11.1. The molecular weight excluding hydrogens is 424 g/mol. The molecule has 0 saturated carbocycles. The Kier molecular flexibility index (Phi) is 5.42. The van der Waals surface area contributed by atoms with Crippen LogP contribution in [0.3, 0.4) is 0 Å². The second kappa shape index (κ2) is 8.56. The molecule has 1 aliphatic heterocycles. The average Bonchev–Trinajstić information content (AvgIpc) is 3.53. The van der Waals surface area contributed by atoms with Crippen LogP contribution in [-0.2, 0) is 4.74 Å². The van der Waals surface area contributed by atoms with Gasteiger partial charge in [0.05, 0.1) is 24.0 Å². The Balaban J connectivity index is 1.64. The lowest BCUT2D eigenvalue weighted by molar-refractivity contribution is 0.0964. The second-order valence-electron chi connectivity index (χ2n) is 8.34. The Labute approximate surface area is 198 Å². The number of rotatable bonds is 5. The van der Waals surface area contributed by atoms with Gasteiger partial charge in [-0.2, -0.15) is 0 Å². The molecule has 3 heterocycles. The van der Waals surface area contributed by atoms with Crippen LogP contribution >= 0.6 is 0 Å². The predicted octanol–water partition coefficient (Wildman–Crippen LogP) is 5.69. The fraction of sp³-hybridized carbons (Fsp3) is 0.143. The Morgan fingerprint density at radius 1 is 1.09 bits per heavy atom. The van der Waals surface area contributed by atoms with Crippen molar-refractivity contribution in [1.29, 1.82) is 0 Å². The third-order valence-corrected chi connectivity index (χ3v) is 6.05. The maximum Gasteiger partial charge on any atom is 0.262 e. The number of aromatic amines is 1. The lowest BCUT2D eigenvalue weighted by Crippen LogP contribution is -2.17. The summed E-state index contributed by atoms with van der Waals surface area (Å²) in [6.45, 7) is 4.08. The average molecular weight is 451 g/mol. The highest BCUT2D eigenvalue weighted by molar-refractivity contribution is 6.17. The zero-order valence-electron chi connectivity index (χ0n) is 19.6. The summed E-state index contributed by atoms with van der Waals surface area (Å²) in [7, 11) is 3.49. The number of benzene rings is 2. The first kappa shape index (κ1) is 21.5. The van der Waals surface area contributed by atoms with Crippen molar-refractivity contribution in [1.82, 2.24) is 9.55 Å². The summed E-state index contributed by atoms with van der Waals surface area (Å²) in [4.78, 5) is 21.9. The number of hydrogen-bond acceptors (Lipinski definition) is 4. The summed E-state index contributed by atoms with van der Waals surface area (Å²) in [5.74, 6) is 0.548. The molecule has 0 bridgehead atoms. The van der Waals surface area contributed by atoms with Crippen LogP contribution in [0.15, 0.2) is 83.2 Å². The van der Waals surface area contributed by atoms with E-state index in [1.54, 1.807) is 11.7 Å². The molecule has 0 amide bonds. The first-order chi connectivity index (χ1) is 16.5. The number of aromatic nitrogens is 2. The Bertz CT molecular complexity index is 1500. The zero-order valence-corrected chi connectivity index (χ0v) is 19.6. The molecule has 170 valence electrons. The molecule has 1 aliphatic rings. The predicted molar refractivity (Wildman–Crippen MR) is 138 cm³/mol. The molecule has 0 unspecified atom stereocenters. The van der Waals surface area contributed by atoms with Crippen LogP contribution in [0.2, 0.25) is 0 Å². The Hall–Kier alpha value is -4.32. The van der Waals surface area contributed by atoms with Gasteiger partial charge >= 0.3 is 0 Å². The smallest absolute Gasteiger partial charge is 0.262 e. The number of H-pyrrole nitrogens is 1. The van der Waals surface area contributed by atoms with Crippen molar-refractivity contribution in [2.24, 2.45) is 4.99 Å². The van der Waals surface area contributed by atoms with Gasteiger partial charge in [-0.25, -0.2) is 4.99 Å². The van der Waals surface area contributed by atoms with Gasteiger partial charge in [-0.05, 0) is 68.0 Å². The highest BCUT2D eigenvalue weighted by atomic mass is 16.5. The first-order valence-corrected chi connectivity index (χ1v) is 11.1. The number of methoxy groups -OCH3 is 1. The largest absolute Gasteiger partial charge is 0.494 e. The number of aliphatic imine (C=N–C) groups is 1. The van der Waals surface area contributed by atoms with E-state index < -0.39 is 0 Å². The number of aryl methyl sites for hydroxylation is 2. The SMILES string of the molecule is CNc1ccc(C(=O)n2c(C3=N/C(=C\c4[nH]c(C)cc4C)C(OC)=C3)cc3ccccc32)cc1. The van der Waals surface area contributed by atoms with Gasteiger partial charge in [-0.3, -0.25) is 9.36 Å². The lowest BCUT2D eigenvalue weighted by Gasteiger charge is -2.09. The minimum Gasteiger partial charge on any atom is -0.494 e. The van der Waals surface area contributed by atoms with Crippen LogP contribution in [-0.4, -0.2) is 35.3 Å². The van der Waals surface area contributed by atoms with Crippen LogP contribution in [0, 0.1) is 13.8 Å². The number of fused-ring (bicyclic) bond motifs is 1. The molecule has 0 spiro atoms. The zero-order chi connectivity index (χ0) is 23.8. The monoisotopic (exact) mass is 450 g/mol. The standard InChI is InChI=1S/C28H26N4O2/c1-17-13-18(2)30-22(17)15-24-27(34-4)16-23(31-24)26-14-20-7-5-6-8-25(20)32(26)28(33)19-9-11-21(29-3)12-10-19/h5-16,29-30H,1-4H3/b24-15-. The number of allylic oxidation sites excluding steroid dienone is 1. The molecule has 6 nitrogen and oxygen atoms in total. The van der Waals surface area contributed by atoms with Gasteiger partial charge in [0.1, 0.15) is 11.5 Å². The van der Waals surface area contributed by atoms with Crippen molar-refractivity contribution in [2.45, 2.75) is 13.8 Å². The van der Waals surface area contributed by atoms with Crippen molar-refractivity contribution in [3.63, 3.8) is 0 Å². The highest BCUT2D eigenvalue weighted by Gasteiger charge is 2.24. The number of carbonyl (C=O) groups is 1. The van der Waals surface area contributed by atoms with E-state index in [9.17, 15) is 4.79 Å². The molecule has 2 aromatic carbocycles. The van der Waals surface area contributed by atoms with Crippen molar-refractivity contribution < 1.29 is 9.53 Å². The summed E-state index contributed by atoms with van der Waals surface area (Å²) in [5.41, 5.74) is 7.72. The Morgan fingerprint density at radius 2 is 1.85 bits per heavy atom. The molecule has 2 N–H and O–H groups in total. The van der Waals surface area contributed by atoms with Crippen LogP contribution in [0.4, 0.5) is 5.69 Å². The molecule has 0 radical (unpaired) electrons. The number of hydrogen-bond donors (Lipinski definition) is 2. The van der Waals surface area contributed by atoms with E-state index in [1.165, 1.54) is 0 Å². The maximum absolute atomic E-state index is 13.7. The fourth-order valence-corrected chi connectivity index (χ4v) is 4.32. The third kappa shape index (κ3) is 3.73. The molecule has 2 aromatic heterocycles. The summed E-state index contributed by atoms with van der Waals surface area (Å²) in [5, 5.41) is 4.06. The summed E-state index contributed by atoms with van der Waals surface area (Å²) < 4.78 is 7.38. The number of ether oxygens (including phenoxy) is 1. The van der Waals surface area contributed by atoms with Crippen LogP contribution in [0.25, 0.3) is 17.0 Å². The Morgan fingerprint density at radius 3 is 2.53 bits per heavy atom. The van der Waals surface area contributed by atoms with Gasteiger partial charge in [0.15, 0.2) is 0 Å². The van der Waals surface area contributed by atoms with Crippen molar-refractivity contribution >= 4 is 34.3 Å². The van der Waals surface area contributed by atoms with E-state index in [-0.39, 0.29) is 5.91 Å². The van der Waals surface area contributed by atoms with Crippen molar-refractivity contribution in [3.8, 4) is 0 Å². The molecule has 0 atom stereocenters. The molecular formula is C28H26N4O2. The molecule has 4 aromatic rings. The van der Waals surface area contributed by atoms with Gasteiger partial charge in [-0.1, -0.05) is 18.2 Å². The van der Waals surface area contributed by atoms with E-state index in [2.05, 4.69) is 23.3 Å². The normalized spacial score (nSPS) is 14.4. The minimum absolute atomic E-state index is 0.109. The number of anilines is 1. The van der Waals surface area contributed by atoms with E-state index in [0.717, 1.165) is 39.2 Å². The van der Waals surface area contributed by atoms with Gasteiger partial charge in [-0.15, -0.1) is 0 Å². The van der Waals surface area contributed by atoms with Gasteiger partial charge in [0.25, 0.3) is 5.91 Å². The van der Waals surface area contributed by atoms with Crippen LogP contribution in [0.5, 0.6) is 0 Å². The van der Waals surface area contributed by atoms with Crippen molar-refractivity contribution in [2.75, 3.05) is 19.5 Å². The van der Waals surface area contributed by atoms with E-state index in [0.29, 0.717) is 22.7 Å². The second-order valence-corrected chi connectivity index (χ2v) is 8.34. The lowest BCUT2D eigenvalue weighted by atomic mass is 10.1. The van der Waals surface area contributed by atoms with Gasteiger partial charge < -0.3 is 15.0 Å². The van der Waals surface area contributed by atoms with Crippen LogP contribution in [0.1, 0.15) is 33.0 Å². The number of nitrogens with zero attached hydrogens (tertiary/aromatic N) is 2. The van der Waals surface area contributed by atoms with Gasteiger partial charge in [0.2, 0.25) is 0 Å². The molecule has 34 heavy (non-hydrogen) atoms. The van der Waals surface area contributed by atoms with E-state index in [1.807, 2.05) is 80.7 Å². The molecule has 6 heteroatoms. The summed E-state index contributed by atoms with van der Waals surface area (Å²) in [6, 6.07) is 19.4. The number of carbonyl (C=O) groups excluding carboxylic acids is 1. The highest BCUT2D eigenvalue weighted by Crippen LogP contribution is 2.29. The van der Waals surface area contributed by atoms with Crippen molar-refractivity contribution in [3.05, 3.63) is 106 Å². The molecule has 0 saturated heterocycles. The van der Waals surface area contributed by atoms with Crippen LogP contribution < -0.4 is 5.32 Å². The molecule has 0 aliphatic carbocycles. The summed E-state index contributed by atoms with van der Waals surface area (Å²) in [6.07, 6.45) is 3.87. The number of nitrogens with one attached hydrogen (secondary N) is 2. The summed E-state index contributed by atoms with van der Waals surface area (Å²) >= 11 is 0.